The van der Waals surface area contributed by atoms with Gasteiger partial charge in [0.05, 0.1) is 12.2 Å². The number of aliphatic imine (C=N–C) groups is 1. The Morgan fingerprint density at radius 2 is 1.97 bits per heavy atom. The number of carbonyl (C=O) groups is 1. The summed E-state index contributed by atoms with van der Waals surface area (Å²) in [4.78, 5) is 25.6. The first-order chi connectivity index (χ1) is 14.2. The van der Waals surface area contributed by atoms with E-state index in [0.29, 0.717) is 25.6 Å². The topological polar surface area (TPSA) is 82.1 Å². The van der Waals surface area contributed by atoms with Gasteiger partial charge in [0, 0.05) is 51.2 Å². The molecule has 0 radical (unpaired) electrons. The molecule has 2 N–H and O–H groups in total. The zero-order valence-electron chi connectivity index (χ0n) is 19.3. The van der Waals surface area contributed by atoms with Crippen LogP contribution in [0.3, 0.4) is 0 Å². The van der Waals surface area contributed by atoms with E-state index in [9.17, 15) is 4.79 Å². The fraction of sp³-hybridized carbons (Fsp3) is 0.762. The number of nitrogens with one attached hydrogen (secondary N) is 2. The first-order valence-corrected chi connectivity index (χ1v) is 11.7. The second-order valence-electron chi connectivity index (χ2n) is 8.75. The summed E-state index contributed by atoms with van der Waals surface area (Å²) < 4.78 is 5.46. The van der Waals surface area contributed by atoms with Gasteiger partial charge in [-0.25, -0.2) is 14.8 Å². The van der Waals surface area contributed by atoms with Gasteiger partial charge >= 0.3 is 6.09 Å². The van der Waals surface area contributed by atoms with E-state index in [1.54, 1.807) is 16.2 Å². The summed E-state index contributed by atoms with van der Waals surface area (Å²) >= 11 is 1.67. The lowest BCUT2D eigenvalue weighted by atomic mass is 10.2. The molecule has 1 aliphatic rings. The van der Waals surface area contributed by atoms with Crippen LogP contribution in [-0.2, 0) is 11.3 Å². The highest BCUT2D eigenvalue weighted by Crippen LogP contribution is 2.18. The summed E-state index contributed by atoms with van der Waals surface area (Å²) in [5.41, 5.74) is 0.684. The van der Waals surface area contributed by atoms with Crippen LogP contribution in [0.2, 0.25) is 0 Å². The van der Waals surface area contributed by atoms with Crippen LogP contribution in [0.1, 0.15) is 58.2 Å². The van der Waals surface area contributed by atoms with Crippen LogP contribution in [0.4, 0.5) is 4.79 Å². The number of amides is 1. The van der Waals surface area contributed by atoms with E-state index < -0.39 is 5.60 Å². The Hall–Kier alpha value is -1.87. The average molecular weight is 439 g/mol. The largest absolute Gasteiger partial charge is 0.444 e. The molecule has 30 heavy (non-hydrogen) atoms. The zero-order valence-corrected chi connectivity index (χ0v) is 20.1. The summed E-state index contributed by atoms with van der Waals surface area (Å²) in [6.07, 6.45) is -0.218. The molecule has 1 amide bonds. The van der Waals surface area contributed by atoms with Crippen molar-refractivity contribution in [2.24, 2.45) is 4.99 Å². The monoisotopic (exact) mass is 438 g/mol. The van der Waals surface area contributed by atoms with Crippen molar-refractivity contribution in [1.29, 1.82) is 0 Å². The van der Waals surface area contributed by atoms with E-state index in [1.807, 2.05) is 20.8 Å². The maximum Gasteiger partial charge on any atom is 0.410 e. The number of guanidine groups is 1. The SMILES string of the molecule is CCNC(=NCc1nc(C(C)C)cs1)NCCN1CCN(C(=O)OC(C)(C)C)CC1. The summed E-state index contributed by atoms with van der Waals surface area (Å²) in [5, 5.41) is 9.85. The molecule has 170 valence electrons. The lowest BCUT2D eigenvalue weighted by Crippen LogP contribution is -2.51. The van der Waals surface area contributed by atoms with Crippen molar-refractivity contribution in [1.82, 2.24) is 25.4 Å². The first-order valence-electron chi connectivity index (χ1n) is 10.8. The van der Waals surface area contributed by atoms with Crippen LogP contribution in [0, 0.1) is 0 Å². The van der Waals surface area contributed by atoms with Crippen molar-refractivity contribution in [2.75, 3.05) is 45.8 Å². The summed E-state index contributed by atoms with van der Waals surface area (Å²) in [5.74, 6) is 1.26. The number of rotatable bonds is 7. The number of piperazine rings is 1. The third-order valence-corrected chi connectivity index (χ3v) is 5.47. The Morgan fingerprint density at radius 3 is 2.53 bits per heavy atom. The fourth-order valence-electron chi connectivity index (χ4n) is 2.96. The Morgan fingerprint density at radius 1 is 1.27 bits per heavy atom. The number of thiazole rings is 1. The molecule has 8 nitrogen and oxygen atoms in total. The lowest BCUT2D eigenvalue weighted by Gasteiger charge is -2.35. The highest BCUT2D eigenvalue weighted by atomic mass is 32.1. The first kappa shape index (κ1) is 24.4. The van der Waals surface area contributed by atoms with Crippen LogP contribution < -0.4 is 10.6 Å². The molecule has 1 aromatic rings. The molecule has 2 rings (SSSR count). The van der Waals surface area contributed by atoms with Gasteiger partial charge in [-0.15, -0.1) is 11.3 Å². The lowest BCUT2D eigenvalue weighted by molar-refractivity contribution is 0.0147. The van der Waals surface area contributed by atoms with Crippen molar-refractivity contribution in [3.63, 3.8) is 0 Å². The molecule has 0 aliphatic carbocycles. The van der Waals surface area contributed by atoms with Crippen LogP contribution >= 0.6 is 11.3 Å². The van der Waals surface area contributed by atoms with Crippen molar-refractivity contribution in [3.05, 3.63) is 16.1 Å². The normalized spacial score (nSPS) is 16.1. The minimum absolute atomic E-state index is 0.218. The van der Waals surface area contributed by atoms with Gasteiger partial charge < -0.3 is 20.3 Å². The number of hydrogen-bond donors (Lipinski definition) is 2. The summed E-state index contributed by atoms with van der Waals surface area (Å²) in [7, 11) is 0. The minimum atomic E-state index is -0.449. The Bertz CT molecular complexity index is 690. The van der Waals surface area contributed by atoms with Crippen LogP contribution in [0.15, 0.2) is 10.4 Å². The highest BCUT2D eigenvalue weighted by molar-refractivity contribution is 7.09. The van der Waals surface area contributed by atoms with Gasteiger partial charge in [-0.2, -0.15) is 0 Å². The Labute approximate surface area is 185 Å². The molecule has 9 heteroatoms. The van der Waals surface area contributed by atoms with E-state index in [1.165, 1.54) is 0 Å². The van der Waals surface area contributed by atoms with Crippen molar-refractivity contribution < 1.29 is 9.53 Å². The molecule has 0 spiro atoms. The summed E-state index contributed by atoms with van der Waals surface area (Å²) in [6.45, 7) is 18.3. The van der Waals surface area contributed by atoms with E-state index in [4.69, 9.17) is 4.74 Å². The molecule has 0 bridgehead atoms. The maximum absolute atomic E-state index is 12.2. The number of aromatic nitrogens is 1. The second-order valence-corrected chi connectivity index (χ2v) is 9.69. The van der Waals surface area contributed by atoms with Gasteiger partial charge in [-0.05, 0) is 33.6 Å². The zero-order chi connectivity index (χ0) is 22.1. The van der Waals surface area contributed by atoms with E-state index in [0.717, 1.165) is 49.4 Å². The van der Waals surface area contributed by atoms with Gasteiger partial charge in [-0.3, -0.25) is 4.90 Å². The van der Waals surface area contributed by atoms with Gasteiger partial charge in [0.2, 0.25) is 0 Å². The molecule has 2 heterocycles. The smallest absolute Gasteiger partial charge is 0.410 e. The Balaban J connectivity index is 1.73. The van der Waals surface area contributed by atoms with Crippen molar-refractivity contribution >= 4 is 23.4 Å². The maximum atomic E-state index is 12.2. The number of carbonyl (C=O) groups excluding carboxylic acids is 1. The quantitative estimate of drug-likeness (QED) is 0.503. The molecule has 1 aromatic heterocycles. The van der Waals surface area contributed by atoms with Crippen molar-refractivity contribution in [2.45, 2.75) is 59.6 Å². The molecular weight excluding hydrogens is 400 g/mol. The van der Waals surface area contributed by atoms with Crippen LogP contribution in [-0.4, -0.2) is 78.3 Å². The standard InChI is InChI=1S/C21H38N6O2S/c1-7-22-19(24-14-18-25-17(15-30-18)16(2)3)23-8-9-26-10-12-27(13-11-26)20(28)29-21(4,5)6/h15-16H,7-14H2,1-6H3,(H2,22,23,24). The highest BCUT2D eigenvalue weighted by Gasteiger charge is 2.25. The molecule has 1 aliphatic heterocycles. The molecule has 0 saturated carbocycles. The summed E-state index contributed by atoms with van der Waals surface area (Å²) in [6, 6.07) is 0. The minimum Gasteiger partial charge on any atom is -0.444 e. The van der Waals surface area contributed by atoms with Crippen LogP contribution in [0.5, 0.6) is 0 Å². The number of hydrogen-bond acceptors (Lipinski definition) is 6. The van der Waals surface area contributed by atoms with E-state index in [-0.39, 0.29) is 6.09 Å². The molecule has 1 fully saturated rings. The predicted molar refractivity (Wildman–Crippen MR) is 123 cm³/mol. The fourth-order valence-corrected chi connectivity index (χ4v) is 3.84. The third-order valence-electron chi connectivity index (χ3n) is 4.62. The molecule has 1 saturated heterocycles. The van der Waals surface area contributed by atoms with Gasteiger partial charge in [0.15, 0.2) is 5.96 Å². The van der Waals surface area contributed by atoms with Gasteiger partial charge in [0.1, 0.15) is 10.6 Å². The Kier molecular flexibility index (Phi) is 9.36. The van der Waals surface area contributed by atoms with E-state index >= 15 is 0 Å². The molecule has 0 atom stereocenters. The third kappa shape index (κ3) is 8.47. The van der Waals surface area contributed by atoms with E-state index in [2.05, 4.69) is 51.7 Å². The number of ether oxygens (including phenoxy) is 1. The van der Waals surface area contributed by atoms with Gasteiger partial charge in [0.25, 0.3) is 0 Å². The average Bonchev–Trinajstić information content (AvgIpc) is 3.14. The number of nitrogens with zero attached hydrogens (tertiary/aromatic N) is 4. The molecular formula is C21H38N6O2S. The molecule has 0 unspecified atom stereocenters. The van der Waals surface area contributed by atoms with Crippen molar-refractivity contribution in [3.8, 4) is 0 Å². The molecule has 0 aromatic carbocycles. The second kappa shape index (κ2) is 11.5. The predicted octanol–water partition coefficient (Wildman–Crippen LogP) is 2.87. The van der Waals surface area contributed by atoms with Gasteiger partial charge in [-0.1, -0.05) is 13.8 Å². The van der Waals surface area contributed by atoms with Crippen LogP contribution in [0.25, 0.3) is 0 Å².